The molecule has 56 heavy (non-hydrogen) atoms. The number of ether oxygens (including phenoxy) is 4. The summed E-state index contributed by atoms with van der Waals surface area (Å²) in [4.78, 5) is 29.2. The van der Waals surface area contributed by atoms with Crippen molar-refractivity contribution >= 4 is 20.3 Å². The average molecular weight is 777 g/mol. The number of hydrogen-bond acceptors (Lipinski definition) is 10. The molecular weight excluding hydrogens is 731 g/mol. The number of methoxy groups -OCH3 is 2. The number of carbonyl (C=O) groups is 1. The van der Waals surface area contributed by atoms with Crippen molar-refractivity contribution in [3.05, 3.63) is 154 Å². The van der Waals surface area contributed by atoms with Gasteiger partial charge in [0, 0.05) is 32.1 Å². The van der Waals surface area contributed by atoms with Gasteiger partial charge >= 0.3 is 5.69 Å². The van der Waals surface area contributed by atoms with Gasteiger partial charge in [0.25, 0.3) is 8.53 Å². The van der Waals surface area contributed by atoms with Crippen LogP contribution in [0.15, 0.2) is 126 Å². The second-order valence-corrected chi connectivity index (χ2v) is 15.5. The fraction of sp³-hybridized carbons (Fsp3) is 0.326. The minimum Gasteiger partial charge on any atom is -0.497 e. The molecule has 4 unspecified atom stereocenters. The Morgan fingerprint density at radius 2 is 1.50 bits per heavy atom. The SMILES string of the molecule is COc1ccc(C(OCC2OC(n3ccc(NC(C)=O)nc3=O)CC2OP2O[C@H](c3ccccc3)[C@@H]3CCCN32)(c2ccccc2)c2ccc(OC)cc2)cc1. The number of fused-ring (bicyclic) bond motifs is 1. The lowest BCUT2D eigenvalue weighted by Crippen LogP contribution is -2.38. The Labute approximate surface area is 327 Å². The first-order valence-electron chi connectivity index (χ1n) is 18.8. The molecule has 0 aliphatic carbocycles. The molecular formula is C43H45N4O8P. The number of aromatic nitrogens is 2. The predicted molar refractivity (Wildman–Crippen MR) is 211 cm³/mol. The van der Waals surface area contributed by atoms with Crippen LogP contribution in [0.25, 0.3) is 0 Å². The Kier molecular flexibility index (Phi) is 11.3. The molecule has 4 aromatic carbocycles. The normalized spacial score (nSPS) is 23.5. The van der Waals surface area contributed by atoms with Crippen LogP contribution in [0.4, 0.5) is 5.82 Å². The Bertz CT molecular complexity index is 2110. The summed E-state index contributed by atoms with van der Waals surface area (Å²) in [5, 5.41) is 2.58. The Balaban J connectivity index is 1.16. The van der Waals surface area contributed by atoms with Crippen LogP contribution >= 0.6 is 8.53 Å². The van der Waals surface area contributed by atoms with Crippen molar-refractivity contribution < 1.29 is 32.8 Å². The highest BCUT2D eigenvalue weighted by molar-refractivity contribution is 7.45. The second-order valence-electron chi connectivity index (χ2n) is 14.1. The number of rotatable bonds is 13. The molecule has 1 N–H and O–H groups in total. The molecule has 3 fully saturated rings. The molecule has 13 heteroatoms. The van der Waals surface area contributed by atoms with Crippen LogP contribution in [-0.4, -0.2) is 65.7 Å². The van der Waals surface area contributed by atoms with Crippen molar-refractivity contribution in [3.63, 3.8) is 0 Å². The Hall–Kier alpha value is -4.94. The first-order valence-corrected chi connectivity index (χ1v) is 20.0. The summed E-state index contributed by atoms with van der Waals surface area (Å²) in [7, 11) is 1.83. The van der Waals surface area contributed by atoms with Crippen molar-refractivity contribution in [2.45, 2.75) is 62.4 Å². The molecule has 8 rings (SSSR count). The molecule has 1 aromatic heterocycles. The minimum atomic E-state index is -1.46. The van der Waals surface area contributed by atoms with E-state index in [1.54, 1.807) is 26.5 Å². The van der Waals surface area contributed by atoms with E-state index in [2.05, 4.69) is 39.2 Å². The molecule has 0 saturated carbocycles. The molecule has 0 spiro atoms. The lowest BCUT2D eigenvalue weighted by atomic mass is 9.80. The smallest absolute Gasteiger partial charge is 0.351 e. The maximum absolute atomic E-state index is 13.4. The van der Waals surface area contributed by atoms with Crippen LogP contribution in [0, 0.1) is 0 Å². The predicted octanol–water partition coefficient (Wildman–Crippen LogP) is 7.36. The number of benzene rings is 4. The quantitative estimate of drug-likeness (QED) is 0.0959. The van der Waals surface area contributed by atoms with E-state index in [0.29, 0.717) is 6.42 Å². The fourth-order valence-corrected chi connectivity index (χ4v) is 9.92. The van der Waals surface area contributed by atoms with Crippen molar-refractivity contribution in [2.75, 3.05) is 32.7 Å². The third-order valence-corrected chi connectivity index (χ3v) is 12.4. The molecule has 6 atom stereocenters. The van der Waals surface area contributed by atoms with Gasteiger partial charge in [0.1, 0.15) is 41.4 Å². The summed E-state index contributed by atoms with van der Waals surface area (Å²) >= 11 is 0. The standard InChI is InChI=1S/C43H45N4O8P/c1-29(48)44-39-24-26-46(42(49)45-39)40-27-37(54-56-47-25-10-15-36(47)41(55-56)30-11-6-4-7-12-30)38(53-40)28-52-43(31-13-8-5-9-14-31,32-16-20-34(50-2)21-17-32)33-18-22-35(51-3)23-19-33/h4-9,11-14,16-24,26,36-38,40-41H,10,15,25,27-28H2,1-3H3,(H,44,45,48,49)/t36-,37?,38?,40?,41+,56?/m0/s1. The summed E-state index contributed by atoms with van der Waals surface area (Å²) < 4.78 is 42.7. The molecule has 3 saturated heterocycles. The van der Waals surface area contributed by atoms with Gasteiger partial charge in [-0.25, -0.2) is 9.46 Å². The van der Waals surface area contributed by atoms with Crippen molar-refractivity contribution in [1.29, 1.82) is 0 Å². The average Bonchev–Trinajstić information content (AvgIpc) is 3.96. The van der Waals surface area contributed by atoms with Gasteiger partial charge in [0.05, 0.1) is 26.9 Å². The number of anilines is 1. The third kappa shape index (κ3) is 7.61. The third-order valence-electron chi connectivity index (χ3n) is 10.6. The van der Waals surface area contributed by atoms with Gasteiger partial charge < -0.3 is 33.3 Å². The highest BCUT2D eigenvalue weighted by Crippen LogP contribution is 2.61. The molecule has 0 bridgehead atoms. The molecule has 4 heterocycles. The van der Waals surface area contributed by atoms with Gasteiger partial charge in [-0.05, 0) is 65.4 Å². The summed E-state index contributed by atoms with van der Waals surface area (Å²) in [6.07, 6.45) is 2.05. The van der Waals surface area contributed by atoms with Gasteiger partial charge in [-0.3, -0.25) is 9.36 Å². The van der Waals surface area contributed by atoms with Crippen LogP contribution in [-0.2, 0) is 28.9 Å². The lowest BCUT2D eigenvalue weighted by molar-refractivity contribution is -0.114. The summed E-state index contributed by atoms with van der Waals surface area (Å²) in [5.74, 6) is 1.29. The molecule has 3 aliphatic heterocycles. The van der Waals surface area contributed by atoms with Crippen LogP contribution in [0.5, 0.6) is 11.5 Å². The second kappa shape index (κ2) is 16.7. The molecule has 5 aromatic rings. The number of nitrogens with zero attached hydrogens (tertiary/aromatic N) is 3. The Morgan fingerprint density at radius 1 is 0.875 bits per heavy atom. The van der Waals surface area contributed by atoms with E-state index in [9.17, 15) is 9.59 Å². The van der Waals surface area contributed by atoms with E-state index in [0.717, 1.165) is 53.1 Å². The van der Waals surface area contributed by atoms with Crippen molar-refractivity contribution in [1.82, 2.24) is 14.2 Å². The topological polar surface area (TPSA) is 123 Å². The Morgan fingerprint density at radius 3 is 2.11 bits per heavy atom. The summed E-state index contributed by atoms with van der Waals surface area (Å²) in [5.41, 5.74) is 2.14. The van der Waals surface area contributed by atoms with Crippen molar-refractivity contribution in [2.24, 2.45) is 0 Å². The maximum Gasteiger partial charge on any atom is 0.351 e. The van der Waals surface area contributed by atoms with E-state index in [4.69, 9.17) is 28.0 Å². The highest BCUT2D eigenvalue weighted by Gasteiger charge is 2.51. The van der Waals surface area contributed by atoms with E-state index in [1.807, 2.05) is 84.9 Å². The largest absolute Gasteiger partial charge is 0.497 e. The van der Waals surface area contributed by atoms with Gasteiger partial charge in [0.15, 0.2) is 0 Å². The van der Waals surface area contributed by atoms with Crippen LogP contribution < -0.4 is 20.5 Å². The minimum absolute atomic E-state index is 0.0923. The maximum atomic E-state index is 13.4. The van der Waals surface area contributed by atoms with E-state index in [1.165, 1.54) is 11.5 Å². The zero-order chi connectivity index (χ0) is 38.6. The number of carbonyl (C=O) groups excluding carboxylic acids is 1. The number of amides is 1. The van der Waals surface area contributed by atoms with E-state index >= 15 is 0 Å². The highest BCUT2D eigenvalue weighted by atomic mass is 31.2. The first-order chi connectivity index (χ1) is 27.4. The number of nitrogens with one attached hydrogen (secondary N) is 1. The molecule has 0 radical (unpaired) electrons. The molecule has 3 aliphatic rings. The van der Waals surface area contributed by atoms with Gasteiger partial charge in [-0.15, -0.1) is 0 Å². The van der Waals surface area contributed by atoms with E-state index in [-0.39, 0.29) is 30.5 Å². The molecule has 12 nitrogen and oxygen atoms in total. The van der Waals surface area contributed by atoms with Gasteiger partial charge in [0.2, 0.25) is 5.91 Å². The monoisotopic (exact) mass is 776 g/mol. The molecule has 1 amide bonds. The van der Waals surface area contributed by atoms with Crippen LogP contribution in [0.1, 0.15) is 60.8 Å². The lowest BCUT2D eigenvalue weighted by Gasteiger charge is -2.37. The zero-order valence-electron chi connectivity index (χ0n) is 31.5. The van der Waals surface area contributed by atoms with Crippen LogP contribution in [0.3, 0.4) is 0 Å². The summed E-state index contributed by atoms with van der Waals surface area (Å²) in [6, 6.07) is 37.9. The molecule has 290 valence electrons. The summed E-state index contributed by atoms with van der Waals surface area (Å²) in [6.45, 7) is 2.33. The van der Waals surface area contributed by atoms with Crippen molar-refractivity contribution in [3.8, 4) is 11.5 Å². The number of hydrogen-bond donors (Lipinski definition) is 1. The zero-order valence-corrected chi connectivity index (χ0v) is 32.4. The van der Waals surface area contributed by atoms with Gasteiger partial charge in [-0.2, -0.15) is 4.98 Å². The fourth-order valence-electron chi connectivity index (χ4n) is 7.94. The first kappa shape index (κ1) is 38.0. The van der Waals surface area contributed by atoms with Crippen LogP contribution in [0.2, 0.25) is 0 Å². The van der Waals surface area contributed by atoms with Gasteiger partial charge in [-0.1, -0.05) is 84.9 Å². The van der Waals surface area contributed by atoms with E-state index < -0.39 is 38.3 Å².